The third-order valence-corrected chi connectivity index (χ3v) is 4.97. The molecule has 122 valence electrons. The summed E-state index contributed by atoms with van der Waals surface area (Å²) >= 11 is 0. The summed E-state index contributed by atoms with van der Waals surface area (Å²) in [5, 5.41) is 0. The van der Waals surface area contributed by atoms with Crippen molar-refractivity contribution in [2.45, 2.75) is 18.9 Å². The Morgan fingerprint density at radius 2 is 1.58 bits per heavy atom. The Labute approximate surface area is 140 Å². The van der Waals surface area contributed by atoms with E-state index in [0.717, 1.165) is 29.5 Å². The lowest BCUT2D eigenvalue weighted by molar-refractivity contribution is 0.0996. The predicted molar refractivity (Wildman–Crippen MR) is 90.1 cm³/mol. The second kappa shape index (κ2) is 6.23. The Bertz CT molecular complexity index is 774. The molecule has 0 bridgehead atoms. The maximum atomic E-state index is 13.3. The van der Waals surface area contributed by atoms with E-state index in [1.807, 2.05) is 18.4 Å². The predicted octanol–water partition coefficient (Wildman–Crippen LogP) is 5.14. The Hall–Kier alpha value is -2.42. The van der Waals surface area contributed by atoms with E-state index >= 15 is 0 Å². The zero-order valence-corrected chi connectivity index (χ0v) is 13.2. The lowest BCUT2D eigenvalue weighted by Gasteiger charge is -2.35. The van der Waals surface area contributed by atoms with E-state index in [0.29, 0.717) is 5.92 Å². The van der Waals surface area contributed by atoms with E-state index in [1.165, 1.54) is 24.3 Å². The summed E-state index contributed by atoms with van der Waals surface area (Å²) in [6.07, 6.45) is 7.97. The van der Waals surface area contributed by atoms with Crippen LogP contribution in [-0.4, -0.2) is 6.10 Å². The van der Waals surface area contributed by atoms with Gasteiger partial charge in [0.05, 0.1) is 6.26 Å². The zero-order valence-electron chi connectivity index (χ0n) is 13.2. The zero-order chi connectivity index (χ0) is 16.5. The molecule has 1 aliphatic carbocycles. The Morgan fingerprint density at radius 1 is 0.917 bits per heavy atom. The Morgan fingerprint density at radius 3 is 2.29 bits per heavy atom. The average Bonchev–Trinajstić information content (AvgIpc) is 3.07. The van der Waals surface area contributed by atoms with Crippen LogP contribution >= 0.6 is 0 Å². The van der Waals surface area contributed by atoms with E-state index in [9.17, 15) is 8.78 Å². The van der Waals surface area contributed by atoms with Crippen LogP contribution in [0.5, 0.6) is 0 Å². The van der Waals surface area contributed by atoms with Crippen LogP contribution in [-0.2, 0) is 11.2 Å². The van der Waals surface area contributed by atoms with Gasteiger partial charge in [-0.15, -0.1) is 0 Å². The first kappa shape index (κ1) is 15.1. The number of halogens is 2. The second-order valence-corrected chi connectivity index (χ2v) is 6.45. The topological polar surface area (TPSA) is 9.23 Å². The molecule has 0 aromatic heterocycles. The summed E-state index contributed by atoms with van der Waals surface area (Å²) in [4.78, 5) is 0. The van der Waals surface area contributed by atoms with E-state index in [-0.39, 0.29) is 23.7 Å². The fraction of sp³-hybridized carbons (Fsp3) is 0.238. The summed E-state index contributed by atoms with van der Waals surface area (Å²) in [5.41, 5.74) is 3.17. The van der Waals surface area contributed by atoms with Crippen LogP contribution in [0.15, 0.2) is 66.9 Å². The second-order valence-electron chi connectivity index (χ2n) is 6.45. The van der Waals surface area contributed by atoms with Gasteiger partial charge in [0.25, 0.3) is 0 Å². The van der Waals surface area contributed by atoms with Crippen molar-refractivity contribution >= 4 is 5.57 Å². The summed E-state index contributed by atoms with van der Waals surface area (Å²) in [6, 6.07) is 13.2. The van der Waals surface area contributed by atoms with Crippen molar-refractivity contribution in [3.05, 3.63) is 89.7 Å². The summed E-state index contributed by atoms with van der Waals surface area (Å²) < 4.78 is 32.3. The number of ether oxygens (including phenoxy) is 1. The minimum atomic E-state index is -0.244. The van der Waals surface area contributed by atoms with E-state index < -0.39 is 0 Å². The summed E-state index contributed by atoms with van der Waals surface area (Å²) in [7, 11) is 0. The first-order chi connectivity index (χ1) is 11.7. The third kappa shape index (κ3) is 2.86. The first-order valence-electron chi connectivity index (χ1n) is 8.23. The van der Waals surface area contributed by atoms with E-state index in [4.69, 9.17) is 4.74 Å². The Kier molecular flexibility index (Phi) is 3.93. The van der Waals surface area contributed by atoms with Gasteiger partial charge >= 0.3 is 0 Å². The van der Waals surface area contributed by atoms with Crippen LogP contribution in [0.1, 0.15) is 17.5 Å². The van der Waals surface area contributed by atoms with Crippen LogP contribution < -0.4 is 0 Å². The smallest absolute Gasteiger partial charge is 0.123 e. The normalized spacial score (nSPS) is 25.1. The highest BCUT2D eigenvalue weighted by atomic mass is 19.1. The van der Waals surface area contributed by atoms with Crippen molar-refractivity contribution in [1.82, 2.24) is 0 Å². The molecule has 0 N–H and O–H groups in total. The average molecular weight is 324 g/mol. The molecule has 24 heavy (non-hydrogen) atoms. The quantitative estimate of drug-likeness (QED) is 0.710. The van der Waals surface area contributed by atoms with Gasteiger partial charge in [-0.05, 0) is 65.8 Å². The standard InChI is InChI=1S/C21H18F2O/c22-16-8-4-14(5-9-16)12-19-18-2-1-3-21(18)24-13-20(19)15-6-10-17(23)11-7-15/h1,3-11,13,18-19,21H,2,12H2/t18-,19+,21-/m1/s1. The molecule has 2 aromatic rings. The van der Waals surface area contributed by atoms with Gasteiger partial charge in [-0.2, -0.15) is 0 Å². The van der Waals surface area contributed by atoms with E-state index in [2.05, 4.69) is 12.2 Å². The molecule has 1 heterocycles. The molecule has 1 nitrogen and oxygen atoms in total. The van der Waals surface area contributed by atoms with Crippen molar-refractivity contribution in [2.75, 3.05) is 0 Å². The van der Waals surface area contributed by atoms with Gasteiger partial charge in [-0.25, -0.2) is 8.78 Å². The third-order valence-electron chi connectivity index (χ3n) is 4.97. The largest absolute Gasteiger partial charge is 0.493 e. The van der Waals surface area contributed by atoms with Crippen molar-refractivity contribution in [2.24, 2.45) is 11.8 Å². The highest BCUT2D eigenvalue weighted by molar-refractivity contribution is 5.68. The Balaban J connectivity index is 1.67. The number of benzene rings is 2. The summed E-state index contributed by atoms with van der Waals surface area (Å²) in [5.74, 6) is 0.154. The molecule has 3 heteroatoms. The maximum Gasteiger partial charge on any atom is 0.123 e. The van der Waals surface area contributed by atoms with Gasteiger partial charge in [-0.1, -0.05) is 30.3 Å². The molecular weight excluding hydrogens is 306 g/mol. The van der Waals surface area contributed by atoms with Crippen LogP contribution in [0.3, 0.4) is 0 Å². The number of fused-ring (bicyclic) bond motifs is 1. The van der Waals surface area contributed by atoms with Crippen LogP contribution in [0.2, 0.25) is 0 Å². The lowest BCUT2D eigenvalue weighted by Crippen LogP contribution is -2.31. The molecule has 0 radical (unpaired) electrons. The van der Waals surface area contributed by atoms with Gasteiger partial charge < -0.3 is 4.74 Å². The van der Waals surface area contributed by atoms with Gasteiger partial charge in [0.2, 0.25) is 0 Å². The van der Waals surface area contributed by atoms with Crippen LogP contribution in [0.25, 0.3) is 5.57 Å². The maximum absolute atomic E-state index is 13.3. The molecule has 0 spiro atoms. The molecule has 0 saturated heterocycles. The van der Waals surface area contributed by atoms with Crippen LogP contribution in [0, 0.1) is 23.5 Å². The molecule has 0 amide bonds. The molecule has 0 saturated carbocycles. The first-order valence-corrected chi connectivity index (χ1v) is 8.23. The SMILES string of the molecule is Fc1ccc(C[C@@H]2C(c3ccc(F)cc3)=CO[C@@H]3C=CC[C@H]23)cc1. The number of rotatable bonds is 3. The fourth-order valence-corrected chi connectivity index (χ4v) is 3.72. The fourth-order valence-electron chi connectivity index (χ4n) is 3.72. The van der Waals surface area contributed by atoms with E-state index in [1.54, 1.807) is 12.1 Å². The van der Waals surface area contributed by atoms with Gasteiger partial charge in [-0.3, -0.25) is 0 Å². The number of allylic oxidation sites excluding steroid dienone is 2. The van der Waals surface area contributed by atoms with Crippen molar-refractivity contribution in [3.63, 3.8) is 0 Å². The highest BCUT2D eigenvalue weighted by Crippen LogP contribution is 2.43. The molecule has 2 aliphatic rings. The van der Waals surface area contributed by atoms with Gasteiger partial charge in [0, 0.05) is 5.92 Å². The molecule has 4 rings (SSSR count). The number of hydrogen-bond donors (Lipinski definition) is 0. The minimum absolute atomic E-state index is 0.0969. The number of hydrogen-bond acceptors (Lipinski definition) is 1. The molecule has 1 aliphatic heterocycles. The lowest BCUT2D eigenvalue weighted by atomic mass is 9.76. The molecule has 0 fully saturated rings. The monoisotopic (exact) mass is 324 g/mol. The van der Waals surface area contributed by atoms with Gasteiger partial charge in [0.1, 0.15) is 17.7 Å². The summed E-state index contributed by atoms with van der Waals surface area (Å²) in [6.45, 7) is 0. The van der Waals surface area contributed by atoms with Gasteiger partial charge in [0.15, 0.2) is 0 Å². The molecule has 0 unspecified atom stereocenters. The molecular formula is C21H18F2O. The highest BCUT2D eigenvalue weighted by Gasteiger charge is 2.37. The van der Waals surface area contributed by atoms with Crippen molar-refractivity contribution in [1.29, 1.82) is 0 Å². The van der Waals surface area contributed by atoms with Crippen molar-refractivity contribution in [3.8, 4) is 0 Å². The molecule has 2 aromatic carbocycles. The molecule has 3 atom stereocenters. The minimum Gasteiger partial charge on any atom is -0.493 e. The van der Waals surface area contributed by atoms with Crippen LogP contribution in [0.4, 0.5) is 8.78 Å². The van der Waals surface area contributed by atoms with Crippen molar-refractivity contribution < 1.29 is 13.5 Å².